The minimum Gasteiger partial charge on any atom is -0.493 e. The molecule has 1 aliphatic rings. The Labute approximate surface area is 121 Å². The van der Waals surface area contributed by atoms with Gasteiger partial charge in [0.25, 0.3) is 0 Å². The fourth-order valence-electron chi connectivity index (χ4n) is 2.57. The lowest BCUT2D eigenvalue weighted by Crippen LogP contribution is -2.33. The molecule has 0 amide bonds. The molecule has 112 valence electrons. The predicted molar refractivity (Wildman–Crippen MR) is 81.2 cm³/mol. The highest BCUT2D eigenvalue weighted by Crippen LogP contribution is 2.29. The standard InChI is InChI=1S/C16H26N2O2/c1-12(2)19-9-7-18(3)15(11-17)13-4-5-16-14(10-13)6-8-20-16/h4-5,10,12,15H,6-9,11,17H2,1-3H3. The Morgan fingerprint density at radius 2 is 2.20 bits per heavy atom. The van der Waals surface area contributed by atoms with Gasteiger partial charge in [0.1, 0.15) is 5.75 Å². The number of nitrogens with zero attached hydrogens (tertiary/aromatic N) is 1. The number of ether oxygens (including phenoxy) is 2. The monoisotopic (exact) mass is 278 g/mol. The Morgan fingerprint density at radius 3 is 2.90 bits per heavy atom. The molecule has 1 aromatic carbocycles. The van der Waals surface area contributed by atoms with Gasteiger partial charge >= 0.3 is 0 Å². The summed E-state index contributed by atoms with van der Waals surface area (Å²) in [5.41, 5.74) is 8.53. The molecule has 1 heterocycles. The van der Waals surface area contributed by atoms with Gasteiger partial charge in [0.05, 0.1) is 19.3 Å². The first kappa shape index (κ1) is 15.3. The summed E-state index contributed by atoms with van der Waals surface area (Å²) < 4.78 is 11.2. The number of benzene rings is 1. The van der Waals surface area contributed by atoms with Crippen LogP contribution >= 0.6 is 0 Å². The fraction of sp³-hybridized carbons (Fsp3) is 0.625. The van der Waals surface area contributed by atoms with Gasteiger partial charge in [0.15, 0.2) is 0 Å². The summed E-state index contributed by atoms with van der Waals surface area (Å²) >= 11 is 0. The van der Waals surface area contributed by atoms with Crippen LogP contribution in [0, 0.1) is 0 Å². The molecule has 0 bridgehead atoms. The van der Waals surface area contributed by atoms with Gasteiger partial charge in [-0.05, 0) is 38.1 Å². The Hall–Kier alpha value is -1.10. The number of hydrogen-bond donors (Lipinski definition) is 1. The Bertz CT molecular complexity index is 434. The third kappa shape index (κ3) is 3.72. The van der Waals surface area contributed by atoms with Gasteiger partial charge in [-0.2, -0.15) is 0 Å². The molecule has 1 atom stereocenters. The molecule has 0 aliphatic carbocycles. The normalized spacial score (nSPS) is 15.5. The maximum Gasteiger partial charge on any atom is 0.122 e. The summed E-state index contributed by atoms with van der Waals surface area (Å²) in [6.45, 7) is 7.14. The van der Waals surface area contributed by atoms with E-state index < -0.39 is 0 Å². The van der Waals surface area contributed by atoms with E-state index in [1.54, 1.807) is 0 Å². The average Bonchev–Trinajstić information content (AvgIpc) is 2.86. The van der Waals surface area contributed by atoms with Crippen molar-refractivity contribution in [3.05, 3.63) is 29.3 Å². The van der Waals surface area contributed by atoms with E-state index in [0.717, 1.165) is 31.9 Å². The molecule has 0 radical (unpaired) electrons. The summed E-state index contributed by atoms with van der Waals surface area (Å²) in [4.78, 5) is 2.26. The molecule has 2 N–H and O–H groups in total. The number of hydrogen-bond acceptors (Lipinski definition) is 4. The third-order valence-electron chi connectivity index (χ3n) is 3.75. The maximum atomic E-state index is 5.97. The fourth-order valence-corrected chi connectivity index (χ4v) is 2.57. The number of fused-ring (bicyclic) bond motifs is 1. The summed E-state index contributed by atoms with van der Waals surface area (Å²) in [5.74, 6) is 1.02. The van der Waals surface area contributed by atoms with E-state index in [9.17, 15) is 0 Å². The molecule has 0 saturated heterocycles. The van der Waals surface area contributed by atoms with Crippen LogP contribution in [0.5, 0.6) is 5.75 Å². The lowest BCUT2D eigenvalue weighted by atomic mass is 10.0. The van der Waals surface area contributed by atoms with Crippen molar-refractivity contribution < 1.29 is 9.47 Å². The molecule has 2 rings (SSSR count). The first-order valence-corrected chi connectivity index (χ1v) is 7.39. The molecule has 20 heavy (non-hydrogen) atoms. The van der Waals surface area contributed by atoms with Gasteiger partial charge in [-0.25, -0.2) is 0 Å². The SMILES string of the molecule is CC(C)OCCN(C)C(CN)c1ccc2c(c1)CCO2. The van der Waals surface area contributed by atoms with Crippen molar-refractivity contribution in [3.63, 3.8) is 0 Å². The van der Waals surface area contributed by atoms with E-state index in [4.69, 9.17) is 15.2 Å². The molecule has 4 heteroatoms. The molecule has 4 nitrogen and oxygen atoms in total. The molecular formula is C16H26N2O2. The van der Waals surface area contributed by atoms with E-state index in [0.29, 0.717) is 6.54 Å². The van der Waals surface area contributed by atoms with Crippen LogP contribution in [0.15, 0.2) is 18.2 Å². The van der Waals surface area contributed by atoms with Crippen LogP contribution in [0.3, 0.4) is 0 Å². The van der Waals surface area contributed by atoms with Crippen molar-refractivity contribution in [2.24, 2.45) is 5.73 Å². The van der Waals surface area contributed by atoms with Crippen LogP contribution in [0.4, 0.5) is 0 Å². The first-order valence-electron chi connectivity index (χ1n) is 7.39. The minimum absolute atomic E-state index is 0.233. The Balaban J connectivity index is 2.00. The largest absolute Gasteiger partial charge is 0.493 e. The molecule has 0 spiro atoms. The summed E-state index contributed by atoms with van der Waals surface area (Å²) in [6, 6.07) is 6.66. The lowest BCUT2D eigenvalue weighted by molar-refractivity contribution is 0.0564. The molecule has 1 unspecified atom stereocenters. The van der Waals surface area contributed by atoms with Gasteiger partial charge in [-0.3, -0.25) is 4.90 Å². The van der Waals surface area contributed by atoms with Crippen LogP contribution in [-0.2, 0) is 11.2 Å². The second-order valence-electron chi connectivity index (χ2n) is 5.62. The van der Waals surface area contributed by atoms with Crippen molar-refractivity contribution in [1.82, 2.24) is 4.90 Å². The molecule has 1 aromatic rings. The van der Waals surface area contributed by atoms with Crippen LogP contribution in [0.1, 0.15) is 31.0 Å². The quantitative estimate of drug-likeness (QED) is 0.828. The van der Waals surface area contributed by atoms with E-state index in [-0.39, 0.29) is 12.1 Å². The van der Waals surface area contributed by atoms with Crippen molar-refractivity contribution in [2.75, 3.05) is 33.4 Å². The summed E-state index contributed by atoms with van der Waals surface area (Å²) in [7, 11) is 2.10. The van der Waals surface area contributed by atoms with Gasteiger partial charge in [-0.1, -0.05) is 12.1 Å². The Kier molecular flexibility index (Phi) is 5.40. The topological polar surface area (TPSA) is 47.7 Å². The van der Waals surface area contributed by atoms with Crippen molar-refractivity contribution in [3.8, 4) is 5.75 Å². The molecule has 0 aromatic heterocycles. The van der Waals surface area contributed by atoms with Crippen LogP contribution in [-0.4, -0.2) is 44.4 Å². The lowest BCUT2D eigenvalue weighted by Gasteiger charge is -2.28. The zero-order chi connectivity index (χ0) is 14.5. The maximum absolute atomic E-state index is 5.97. The number of rotatable bonds is 7. The second kappa shape index (κ2) is 7.07. The van der Waals surface area contributed by atoms with Crippen molar-refractivity contribution in [1.29, 1.82) is 0 Å². The molecule has 0 saturated carbocycles. The van der Waals surface area contributed by atoms with Crippen molar-refractivity contribution >= 4 is 0 Å². The molecule has 1 aliphatic heterocycles. The van der Waals surface area contributed by atoms with Crippen LogP contribution < -0.4 is 10.5 Å². The zero-order valence-electron chi connectivity index (χ0n) is 12.8. The highest BCUT2D eigenvalue weighted by molar-refractivity contribution is 5.40. The first-order chi connectivity index (χ1) is 9.61. The third-order valence-corrected chi connectivity index (χ3v) is 3.75. The Morgan fingerprint density at radius 1 is 1.40 bits per heavy atom. The minimum atomic E-state index is 0.233. The predicted octanol–water partition coefficient (Wildman–Crippen LogP) is 1.98. The molecule has 0 fully saturated rings. The summed E-state index contributed by atoms with van der Waals surface area (Å²) in [5, 5.41) is 0. The number of nitrogens with two attached hydrogens (primary N) is 1. The van der Waals surface area contributed by atoms with E-state index in [1.165, 1.54) is 11.1 Å². The smallest absolute Gasteiger partial charge is 0.122 e. The van der Waals surface area contributed by atoms with Gasteiger partial charge < -0.3 is 15.2 Å². The highest BCUT2D eigenvalue weighted by atomic mass is 16.5. The number of likely N-dealkylation sites (N-methyl/N-ethyl adjacent to an activating group) is 1. The van der Waals surface area contributed by atoms with E-state index in [1.807, 2.05) is 0 Å². The van der Waals surface area contributed by atoms with Crippen LogP contribution in [0.2, 0.25) is 0 Å². The van der Waals surface area contributed by atoms with E-state index in [2.05, 4.69) is 44.0 Å². The van der Waals surface area contributed by atoms with Gasteiger partial charge in [0, 0.05) is 25.6 Å². The second-order valence-corrected chi connectivity index (χ2v) is 5.62. The van der Waals surface area contributed by atoms with Gasteiger partial charge in [-0.15, -0.1) is 0 Å². The average molecular weight is 278 g/mol. The van der Waals surface area contributed by atoms with E-state index >= 15 is 0 Å². The van der Waals surface area contributed by atoms with Crippen molar-refractivity contribution in [2.45, 2.75) is 32.4 Å². The van der Waals surface area contributed by atoms with Gasteiger partial charge in [0.2, 0.25) is 0 Å². The van der Waals surface area contributed by atoms with Crippen LogP contribution in [0.25, 0.3) is 0 Å². The highest BCUT2D eigenvalue weighted by Gasteiger charge is 2.19. The zero-order valence-corrected chi connectivity index (χ0v) is 12.8. The molecular weight excluding hydrogens is 252 g/mol. The summed E-state index contributed by atoms with van der Waals surface area (Å²) in [6.07, 6.45) is 1.28.